The molecule has 0 aliphatic heterocycles. The molecule has 0 saturated carbocycles. The van der Waals surface area contributed by atoms with Crippen molar-refractivity contribution in [2.75, 3.05) is 6.61 Å². The molecule has 0 saturated heterocycles. The van der Waals surface area contributed by atoms with Gasteiger partial charge in [-0.05, 0) is 26.2 Å². The highest BCUT2D eigenvalue weighted by molar-refractivity contribution is 5.91. The van der Waals surface area contributed by atoms with Gasteiger partial charge in [0.1, 0.15) is 0 Å². The molecule has 0 heterocycles. The van der Waals surface area contributed by atoms with Gasteiger partial charge in [-0.15, -0.1) is 0 Å². The van der Waals surface area contributed by atoms with Crippen molar-refractivity contribution in [2.45, 2.75) is 123 Å². The van der Waals surface area contributed by atoms with Crippen LogP contribution in [0.1, 0.15) is 117 Å². The summed E-state index contributed by atoms with van der Waals surface area (Å²) in [6.45, 7) is 6.69. The molecule has 164 valence electrons. The molecule has 0 bridgehead atoms. The summed E-state index contributed by atoms with van der Waals surface area (Å²) in [7, 11) is 0. The van der Waals surface area contributed by atoms with Gasteiger partial charge in [0.2, 0.25) is 0 Å². The second kappa shape index (κ2) is 20.4. The van der Waals surface area contributed by atoms with Gasteiger partial charge in [0.25, 0.3) is 0 Å². The summed E-state index contributed by atoms with van der Waals surface area (Å²) in [6, 6.07) is 0. The van der Waals surface area contributed by atoms with Gasteiger partial charge >= 0.3 is 11.9 Å². The van der Waals surface area contributed by atoms with Crippen LogP contribution in [-0.2, 0) is 19.1 Å². The second-order valence-corrected chi connectivity index (χ2v) is 7.78. The Labute approximate surface area is 173 Å². The van der Waals surface area contributed by atoms with Gasteiger partial charge in [-0.2, -0.15) is 0 Å². The second-order valence-electron chi connectivity index (χ2n) is 7.78. The summed E-state index contributed by atoms with van der Waals surface area (Å²) >= 11 is 0. The molecule has 4 nitrogen and oxygen atoms in total. The summed E-state index contributed by atoms with van der Waals surface area (Å²) in [6.07, 6.45) is 20.3. The van der Waals surface area contributed by atoms with Gasteiger partial charge in [0, 0.05) is 12.2 Å². The van der Waals surface area contributed by atoms with Crippen molar-refractivity contribution >= 4 is 11.9 Å². The van der Waals surface area contributed by atoms with Crippen molar-refractivity contribution in [1.29, 1.82) is 0 Å². The standard InChI is InChI=1S/C24H44O4/c1-4-6-8-9-10-11-12-13-14-15-17-21-27-23(25)19-20-24(26)28-22(3)18-16-7-5-2/h19-20,22H,4-18,21H2,1-3H3/b20-19+. The lowest BCUT2D eigenvalue weighted by Crippen LogP contribution is -2.13. The molecule has 0 N–H and O–H groups in total. The summed E-state index contributed by atoms with van der Waals surface area (Å²) in [4.78, 5) is 23.3. The number of esters is 2. The Morgan fingerprint density at radius 2 is 1.14 bits per heavy atom. The topological polar surface area (TPSA) is 52.6 Å². The largest absolute Gasteiger partial charge is 0.463 e. The summed E-state index contributed by atoms with van der Waals surface area (Å²) < 4.78 is 10.4. The van der Waals surface area contributed by atoms with Crippen LogP contribution in [0.2, 0.25) is 0 Å². The number of ether oxygens (including phenoxy) is 2. The van der Waals surface area contributed by atoms with Crippen LogP contribution in [0.5, 0.6) is 0 Å². The van der Waals surface area contributed by atoms with Crippen LogP contribution in [0.4, 0.5) is 0 Å². The van der Waals surface area contributed by atoms with Crippen LogP contribution in [0.25, 0.3) is 0 Å². The molecule has 0 aliphatic rings. The van der Waals surface area contributed by atoms with E-state index in [4.69, 9.17) is 9.47 Å². The predicted octanol–water partition coefficient (Wildman–Crippen LogP) is 6.91. The monoisotopic (exact) mass is 396 g/mol. The zero-order valence-electron chi connectivity index (χ0n) is 18.7. The van der Waals surface area contributed by atoms with Crippen LogP contribution < -0.4 is 0 Å². The molecule has 1 atom stereocenters. The maximum atomic E-state index is 11.6. The van der Waals surface area contributed by atoms with E-state index in [1.54, 1.807) is 0 Å². The first-order valence-corrected chi connectivity index (χ1v) is 11.7. The fraction of sp³-hybridized carbons (Fsp3) is 0.833. The lowest BCUT2D eigenvalue weighted by Gasteiger charge is -2.10. The first-order chi connectivity index (χ1) is 13.6. The highest BCUT2D eigenvalue weighted by Crippen LogP contribution is 2.11. The van der Waals surface area contributed by atoms with Crippen molar-refractivity contribution in [3.8, 4) is 0 Å². The smallest absolute Gasteiger partial charge is 0.331 e. The summed E-state index contributed by atoms with van der Waals surface area (Å²) in [5.74, 6) is -0.946. The SMILES string of the molecule is CCCCCCCCCCCCCOC(=O)/C=C/C(=O)OC(C)CCCCC. The average molecular weight is 397 g/mol. The lowest BCUT2D eigenvalue weighted by molar-refractivity contribution is -0.143. The van der Waals surface area contributed by atoms with Gasteiger partial charge in [-0.1, -0.05) is 90.9 Å². The van der Waals surface area contributed by atoms with E-state index in [9.17, 15) is 9.59 Å². The highest BCUT2D eigenvalue weighted by atomic mass is 16.5. The zero-order chi connectivity index (χ0) is 20.9. The number of hydrogen-bond acceptors (Lipinski definition) is 4. The van der Waals surface area contributed by atoms with Crippen molar-refractivity contribution in [3.05, 3.63) is 12.2 Å². The minimum atomic E-state index is -0.476. The summed E-state index contributed by atoms with van der Waals surface area (Å²) in [5, 5.41) is 0. The van der Waals surface area contributed by atoms with Crippen LogP contribution in [0, 0.1) is 0 Å². The molecular weight excluding hydrogens is 352 g/mol. The molecule has 0 aromatic rings. The third-order valence-electron chi connectivity index (χ3n) is 4.88. The third kappa shape index (κ3) is 19.4. The quantitative estimate of drug-likeness (QED) is 0.135. The average Bonchev–Trinajstić information content (AvgIpc) is 2.67. The molecule has 0 aromatic heterocycles. The van der Waals surface area contributed by atoms with E-state index in [-0.39, 0.29) is 6.10 Å². The van der Waals surface area contributed by atoms with E-state index in [1.807, 2.05) is 6.92 Å². The predicted molar refractivity (Wildman–Crippen MR) is 116 cm³/mol. The van der Waals surface area contributed by atoms with Crippen molar-refractivity contribution < 1.29 is 19.1 Å². The number of carbonyl (C=O) groups is 2. The van der Waals surface area contributed by atoms with Crippen LogP contribution >= 0.6 is 0 Å². The molecule has 0 amide bonds. The molecule has 0 radical (unpaired) electrons. The van der Waals surface area contributed by atoms with Crippen molar-refractivity contribution in [1.82, 2.24) is 0 Å². The first-order valence-electron chi connectivity index (χ1n) is 11.7. The molecule has 1 unspecified atom stereocenters. The molecule has 0 aromatic carbocycles. The Morgan fingerprint density at radius 3 is 1.71 bits per heavy atom. The third-order valence-corrected chi connectivity index (χ3v) is 4.88. The minimum absolute atomic E-state index is 0.115. The van der Waals surface area contributed by atoms with Crippen molar-refractivity contribution in [2.24, 2.45) is 0 Å². The molecule has 0 aliphatic carbocycles. The van der Waals surface area contributed by atoms with E-state index in [1.165, 1.54) is 69.9 Å². The Balaban J connectivity index is 3.51. The normalized spacial score (nSPS) is 12.2. The zero-order valence-corrected chi connectivity index (χ0v) is 18.7. The first kappa shape index (κ1) is 26.7. The van der Waals surface area contributed by atoms with E-state index in [0.717, 1.165) is 38.5 Å². The molecule has 28 heavy (non-hydrogen) atoms. The van der Waals surface area contributed by atoms with E-state index in [0.29, 0.717) is 6.61 Å². The van der Waals surface area contributed by atoms with Gasteiger partial charge in [-0.3, -0.25) is 0 Å². The maximum Gasteiger partial charge on any atom is 0.331 e. The maximum absolute atomic E-state index is 11.6. The molecule has 0 rings (SSSR count). The number of carbonyl (C=O) groups excluding carboxylic acids is 2. The Bertz CT molecular complexity index is 403. The highest BCUT2D eigenvalue weighted by Gasteiger charge is 2.07. The molecule has 0 fully saturated rings. The van der Waals surface area contributed by atoms with Gasteiger partial charge in [-0.25, -0.2) is 9.59 Å². The van der Waals surface area contributed by atoms with E-state index >= 15 is 0 Å². The lowest BCUT2D eigenvalue weighted by atomic mass is 10.1. The van der Waals surface area contributed by atoms with E-state index < -0.39 is 11.9 Å². The fourth-order valence-corrected chi connectivity index (χ4v) is 3.10. The van der Waals surface area contributed by atoms with Gasteiger partial charge < -0.3 is 9.47 Å². The molecular formula is C24H44O4. The molecule has 0 spiro atoms. The van der Waals surface area contributed by atoms with Gasteiger partial charge in [0.15, 0.2) is 0 Å². The van der Waals surface area contributed by atoms with Gasteiger partial charge in [0.05, 0.1) is 12.7 Å². The number of unbranched alkanes of at least 4 members (excludes halogenated alkanes) is 12. The minimum Gasteiger partial charge on any atom is -0.463 e. The number of hydrogen-bond donors (Lipinski definition) is 0. The fourth-order valence-electron chi connectivity index (χ4n) is 3.10. The Kier molecular flexibility index (Phi) is 19.5. The molecule has 4 heteroatoms. The van der Waals surface area contributed by atoms with Crippen LogP contribution in [0.3, 0.4) is 0 Å². The van der Waals surface area contributed by atoms with E-state index in [2.05, 4.69) is 13.8 Å². The number of rotatable bonds is 19. The van der Waals surface area contributed by atoms with Crippen LogP contribution in [0.15, 0.2) is 12.2 Å². The summed E-state index contributed by atoms with van der Waals surface area (Å²) in [5.41, 5.74) is 0. The van der Waals surface area contributed by atoms with Crippen molar-refractivity contribution in [3.63, 3.8) is 0 Å². The Morgan fingerprint density at radius 1 is 0.679 bits per heavy atom. The van der Waals surface area contributed by atoms with Crippen LogP contribution in [-0.4, -0.2) is 24.6 Å². The Hall–Kier alpha value is -1.32.